The standard InChI is InChI=1S/C14H20FNO2/c1-16(18-2)14(17)7-5-3-4-6-12-8-10-13(15)11-9-12/h8-11H,3-7H2,1-2H3. The molecule has 3 nitrogen and oxygen atoms in total. The van der Waals surface area contributed by atoms with Gasteiger partial charge < -0.3 is 0 Å². The second kappa shape index (κ2) is 7.82. The number of hydrogen-bond acceptors (Lipinski definition) is 2. The van der Waals surface area contributed by atoms with Gasteiger partial charge in [-0.2, -0.15) is 0 Å². The zero-order chi connectivity index (χ0) is 13.4. The summed E-state index contributed by atoms with van der Waals surface area (Å²) in [4.78, 5) is 16.2. The number of carbonyl (C=O) groups is 1. The van der Waals surface area contributed by atoms with E-state index in [-0.39, 0.29) is 11.7 Å². The van der Waals surface area contributed by atoms with E-state index < -0.39 is 0 Å². The average molecular weight is 253 g/mol. The summed E-state index contributed by atoms with van der Waals surface area (Å²) in [6.45, 7) is 0. The summed E-state index contributed by atoms with van der Waals surface area (Å²) in [5, 5.41) is 1.25. The molecule has 0 unspecified atom stereocenters. The third-order valence-electron chi connectivity index (χ3n) is 2.89. The van der Waals surface area contributed by atoms with E-state index in [2.05, 4.69) is 0 Å². The van der Waals surface area contributed by atoms with Gasteiger partial charge in [0.2, 0.25) is 5.91 Å². The molecule has 1 rings (SSSR count). The third-order valence-corrected chi connectivity index (χ3v) is 2.89. The van der Waals surface area contributed by atoms with Crippen molar-refractivity contribution in [3.8, 4) is 0 Å². The molecule has 0 N–H and O–H groups in total. The molecule has 0 aromatic heterocycles. The number of unbranched alkanes of at least 4 members (excludes halogenated alkanes) is 2. The van der Waals surface area contributed by atoms with Gasteiger partial charge in [-0.3, -0.25) is 9.63 Å². The van der Waals surface area contributed by atoms with Gasteiger partial charge in [0.15, 0.2) is 0 Å². The minimum Gasteiger partial charge on any atom is -0.275 e. The average Bonchev–Trinajstić information content (AvgIpc) is 2.39. The predicted molar refractivity (Wildman–Crippen MR) is 68.4 cm³/mol. The molecule has 0 radical (unpaired) electrons. The van der Waals surface area contributed by atoms with E-state index in [0.29, 0.717) is 6.42 Å². The van der Waals surface area contributed by atoms with Crippen LogP contribution in [0.3, 0.4) is 0 Å². The first-order valence-corrected chi connectivity index (χ1v) is 6.18. The monoisotopic (exact) mass is 253 g/mol. The van der Waals surface area contributed by atoms with Crippen molar-refractivity contribution in [2.45, 2.75) is 32.1 Å². The molecule has 100 valence electrons. The smallest absolute Gasteiger partial charge is 0.245 e. The summed E-state index contributed by atoms with van der Waals surface area (Å²) in [6, 6.07) is 6.57. The normalized spacial score (nSPS) is 10.4. The van der Waals surface area contributed by atoms with E-state index in [0.717, 1.165) is 31.2 Å². The molecular formula is C14H20FNO2. The lowest BCUT2D eigenvalue weighted by Crippen LogP contribution is -2.24. The van der Waals surface area contributed by atoms with Crippen LogP contribution in [0.2, 0.25) is 0 Å². The van der Waals surface area contributed by atoms with Crippen LogP contribution in [0.5, 0.6) is 0 Å². The van der Waals surface area contributed by atoms with Crippen LogP contribution in [0.1, 0.15) is 31.2 Å². The van der Waals surface area contributed by atoms with Crippen LogP contribution < -0.4 is 0 Å². The fourth-order valence-corrected chi connectivity index (χ4v) is 1.69. The molecule has 18 heavy (non-hydrogen) atoms. The highest BCUT2D eigenvalue weighted by molar-refractivity contribution is 5.74. The number of hydrogen-bond donors (Lipinski definition) is 0. The number of amides is 1. The number of rotatable bonds is 7. The number of carbonyl (C=O) groups excluding carboxylic acids is 1. The van der Waals surface area contributed by atoms with Gasteiger partial charge in [-0.15, -0.1) is 0 Å². The Bertz CT molecular complexity index is 365. The molecule has 1 aromatic rings. The Morgan fingerprint density at radius 1 is 1.22 bits per heavy atom. The first-order chi connectivity index (χ1) is 8.63. The van der Waals surface area contributed by atoms with Gasteiger partial charge in [-0.05, 0) is 37.0 Å². The maximum atomic E-state index is 12.7. The number of halogens is 1. The zero-order valence-electron chi connectivity index (χ0n) is 11.0. The van der Waals surface area contributed by atoms with Crippen molar-refractivity contribution in [2.75, 3.05) is 14.2 Å². The van der Waals surface area contributed by atoms with Crippen LogP contribution in [-0.4, -0.2) is 25.1 Å². The van der Waals surface area contributed by atoms with Crippen molar-refractivity contribution in [1.82, 2.24) is 5.06 Å². The molecule has 1 amide bonds. The molecule has 0 bridgehead atoms. The Hall–Kier alpha value is -1.42. The molecule has 0 saturated heterocycles. The first-order valence-electron chi connectivity index (χ1n) is 6.18. The highest BCUT2D eigenvalue weighted by Gasteiger charge is 2.06. The Labute approximate surface area is 108 Å². The lowest BCUT2D eigenvalue weighted by atomic mass is 10.1. The summed E-state index contributed by atoms with van der Waals surface area (Å²) in [7, 11) is 3.09. The summed E-state index contributed by atoms with van der Waals surface area (Å²) < 4.78 is 12.7. The summed E-state index contributed by atoms with van der Waals surface area (Å²) >= 11 is 0. The zero-order valence-corrected chi connectivity index (χ0v) is 11.0. The van der Waals surface area contributed by atoms with E-state index in [1.165, 1.54) is 24.3 Å². The second-order valence-corrected chi connectivity index (χ2v) is 4.26. The molecular weight excluding hydrogens is 233 g/mol. The van der Waals surface area contributed by atoms with Crippen molar-refractivity contribution < 1.29 is 14.0 Å². The predicted octanol–water partition coefficient (Wildman–Crippen LogP) is 2.95. The minimum atomic E-state index is -0.202. The van der Waals surface area contributed by atoms with Gasteiger partial charge in [0.25, 0.3) is 0 Å². The number of nitrogens with zero attached hydrogens (tertiary/aromatic N) is 1. The maximum absolute atomic E-state index is 12.7. The largest absolute Gasteiger partial charge is 0.275 e. The van der Waals surface area contributed by atoms with E-state index in [4.69, 9.17) is 4.84 Å². The SMILES string of the molecule is CON(C)C(=O)CCCCCc1ccc(F)cc1. The number of aryl methyl sites for hydroxylation is 1. The van der Waals surface area contributed by atoms with Crippen molar-refractivity contribution in [3.63, 3.8) is 0 Å². The van der Waals surface area contributed by atoms with Crippen LogP contribution in [0, 0.1) is 5.82 Å². The van der Waals surface area contributed by atoms with Gasteiger partial charge in [0, 0.05) is 13.5 Å². The summed E-state index contributed by atoms with van der Waals surface area (Å²) in [6.07, 6.45) is 4.28. The van der Waals surface area contributed by atoms with Crippen LogP contribution in [-0.2, 0) is 16.1 Å². The highest BCUT2D eigenvalue weighted by Crippen LogP contribution is 2.09. The highest BCUT2D eigenvalue weighted by atomic mass is 19.1. The van der Waals surface area contributed by atoms with Crippen LogP contribution in [0.15, 0.2) is 24.3 Å². The van der Waals surface area contributed by atoms with Gasteiger partial charge in [-0.1, -0.05) is 18.6 Å². The van der Waals surface area contributed by atoms with E-state index >= 15 is 0 Å². The molecule has 0 aliphatic heterocycles. The Kier molecular flexibility index (Phi) is 6.36. The van der Waals surface area contributed by atoms with Crippen LogP contribution in [0.4, 0.5) is 4.39 Å². The third kappa shape index (κ3) is 5.27. The minimum absolute atomic E-state index is 0.000665. The van der Waals surface area contributed by atoms with E-state index in [1.807, 2.05) is 0 Å². The van der Waals surface area contributed by atoms with Gasteiger partial charge in [0.05, 0.1) is 7.11 Å². The molecule has 0 spiro atoms. The fourth-order valence-electron chi connectivity index (χ4n) is 1.69. The molecule has 0 saturated carbocycles. The van der Waals surface area contributed by atoms with Crippen molar-refractivity contribution in [1.29, 1.82) is 0 Å². The van der Waals surface area contributed by atoms with Crippen molar-refractivity contribution in [2.24, 2.45) is 0 Å². The van der Waals surface area contributed by atoms with E-state index in [1.54, 1.807) is 19.2 Å². The molecule has 0 aliphatic rings. The molecule has 1 aromatic carbocycles. The van der Waals surface area contributed by atoms with Gasteiger partial charge >= 0.3 is 0 Å². The van der Waals surface area contributed by atoms with Gasteiger partial charge in [0.1, 0.15) is 5.82 Å². The molecule has 0 heterocycles. The lowest BCUT2D eigenvalue weighted by molar-refractivity contribution is -0.168. The van der Waals surface area contributed by atoms with Gasteiger partial charge in [-0.25, -0.2) is 9.45 Å². The Morgan fingerprint density at radius 3 is 2.50 bits per heavy atom. The van der Waals surface area contributed by atoms with Crippen molar-refractivity contribution in [3.05, 3.63) is 35.6 Å². The molecule has 0 atom stereocenters. The van der Waals surface area contributed by atoms with Crippen molar-refractivity contribution >= 4 is 5.91 Å². The fraction of sp³-hybridized carbons (Fsp3) is 0.500. The number of benzene rings is 1. The number of hydroxylamine groups is 2. The Balaban J connectivity index is 2.12. The second-order valence-electron chi connectivity index (χ2n) is 4.26. The van der Waals surface area contributed by atoms with E-state index in [9.17, 15) is 9.18 Å². The maximum Gasteiger partial charge on any atom is 0.245 e. The van der Waals surface area contributed by atoms with Crippen LogP contribution in [0.25, 0.3) is 0 Å². The molecule has 0 aliphatic carbocycles. The Morgan fingerprint density at radius 2 is 1.89 bits per heavy atom. The summed E-state index contributed by atoms with van der Waals surface area (Å²) in [5.41, 5.74) is 1.14. The first kappa shape index (κ1) is 14.6. The molecule has 0 fully saturated rings. The lowest BCUT2D eigenvalue weighted by Gasteiger charge is -2.13. The quantitative estimate of drug-likeness (QED) is 0.552. The topological polar surface area (TPSA) is 29.5 Å². The van der Waals surface area contributed by atoms with Crippen LogP contribution >= 0.6 is 0 Å². The summed E-state index contributed by atoms with van der Waals surface area (Å²) in [5.74, 6) is -0.203. The molecule has 4 heteroatoms.